The van der Waals surface area contributed by atoms with Crippen molar-refractivity contribution in [3.8, 4) is 5.75 Å². The van der Waals surface area contributed by atoms with Gasteiger partial charge in [0.05, 0.1) is 0 Å². The Morgan fingerprint density at radius 3 is 1.39 bits per heavy atom. The Morgan fingerprint density at radius 1 is 0.658 bits per heavy atom. The van der Waals surface area contributed by atoms with Crippen molar-refractivity contribution in [1.29, 1.82) is 0 Å². The number of aryl methyl sites for hydroxylation is 2. The number of aromatic nitrogens is 2. The second-order valence-corrected chi connectivity index (χ2v) is 9.16. The van der Waals surface area contributed by atoms with E-state index < -0.39 is 0 Å². The number of rotatable bonds is 5. The summed E-state index contributed by atoms with van der Waals surface area (Å²) in [6.07, 6.45) is 5.11. The minimum absolute atomic E-state index is 0.176. The van der Waals surface area contributed by atoms with Gasteiger partial charge in [0.25, 0.3) is 0 Å². The number of thiol groups is 1. The van der Waals surface area contributed by atoms with E-state index in [9.17, 15) is 9.90 Å². The van der Waals surface area contributed by atoms with Gasteiger partial charge in [-0.3, -0.25) is 14.8 Å². The summed E-state index contributed by atoms with van der Waals surface area (Å²) in [5.41, 5.74) is 6.70. The van der Waals surface area contributed by atoms with Gasteiger partial charge in [0.1, 0.15) is 5.75 Å². The molecule has 38 heavy (non-hydrogen) atoms. The minimum Gasteiger partial charge on any atom is -0.507 e. The first kappa shape index (κ1) is 28.9. The SMILES string of the molecule is CC.CC.Cc1ccc(Cc2ccc3c(O)c4ccc(Cc5ccc(C)nc5)cc4c(C(=O)S)c3c2)cn1. The Kier molecular flexibility index (Phi) is 10.0. The Morgan fingerprint density at radius 2 is 1.05 bits per heavy atom. The number of carbonyl (C=O) groups excluding carboxylic acids is 1. The summed E-state index contributed by atoms with van der Waals surface area (Å²) in [5.74, 6) is 0.176. The molecule has 2 heterocycles. The first-order valence-corrected chi connectivity index (χ1v) is 13.6. The number of hydrogen-bond donors (Lipinski definition) is 2. The summed E-state index contributed by atoms with van der Waals surface area (Å²) < 4.78 is 0. The number of benzene rings is 3. The number of phenolic OH excluding ortho intramolecular Hbond substituents is 1. The van der Waals surface area contributed by atoms with Gasteiger partial charge in [-0.2, -0.15) is 0 Å². The fourth-order valence-corrected chi connectivity index (χ4v) is 4.67. The molecule has 0 bridgehead atoms. The zero-order valence-corrected chi connectivity index (χ0v) is 23.9. The van der Waals surface area contributed by atoms with E-state index in [1.165, 1.54) is 0 Å². The number of aromatic hydroxyl groups is 1. The van der Waals surface area contributed by atoms with Gasteiger partial charge in [0, 0.05) is 40.1 Å². The Labute approximate surface area is 231 Å². The highest BCUT2D eigenvalue weighted by atomic mass is 32.1. The molecule has 2 aromatic heterocycles. The van der Waals surface area contributed by atoms with Crippen LogP contribution in [-0.4, -0.2) is 20.2 Å². The van der Waals surface area contributed by atoms with E-state index in [2.05, 4.69) is 34.7 Å². The number of hydrogen-bond acceptors (Lipinski definition) is 4. The minimum atomic E-state index is -0.321. The molecule has 4 nitrogen and oxygen atoms in total. The maximum atomic E-state index is 12.8. The number of fused-ring (bicyclic) bond motifs is 2. The number of carbonyl (C=O) groups is 1. The van der Waals surface area contributed by atoms with Crippen molar-refractivity contribution in [2.45, 2.75) is 54.4 Å². The molecular weight excluding hydrogens is 488 g/mol. The van der Waals surface area contributed by atoms with Gasteiger partial charge in [-0.05, 0) is 84.0 Å². The zero-order valence-electron chi connectivity index (χ0n) is 23.0. The monoisotopic (exact) mass is 524 g/mol. The van der Waals surface area contributed by atoms with E-state index >= 15 is 0 Å². The van der Waals surface area contributed by atoms with E-state index in [-0.39, 0.29) is 10.9 Å². The lowest BCUT2D eigenvalue weighted by Crippen LogP contribution is -1.98. The van der Waals surface area contributed by atoms with Gasteiger partial charge in [-0.1, -0.05) is 64.1 Å². The third-order valence-electron chi connectivity index (χ3n) is 6.19. The van der Waals surface area contributed by atoms with Crippen molar-refractivity contribution < 1.29 is 9.90 Å². The summed E-state index contributed by atoms with van der Waals surface area (Å²) in [7, 11) is 0. The van der Waals surface area contributed by atoms with Crippen LogP contribution in [0.3, 0.4) is 0 Å². The molecule has 0 spiro atoms. The fourth-order valence-electron chi connectivity index (χ4n) is 4.43. The smallest absolute Gasteiger partial charge is 0.217 e. The molecule has 0 aliphatic carbocycles. The standard InChI is InChI=1S/C29H24N2O2S.2C2H6/c1-17-3-5-21(15-30-17)11-19-7-9-23-25(13-19)27(29(33)34)26-14-20(8-10-24(26)28(23)32)12-22-6-4-18(2)31-16-22;2*1-2/h3-10,13-16,32H,11-12H2,1-2H3,(H,33,34);2*1-2H3. The lowest BCUT2D eigenvalue weighted by molar-refractivity contribution is 0.109. The highest BCUT2D eigenvalue weighted by Crippen LogP contribution is 2.39. The van der Waals surface area contributed by atoms with Gasteiger partial charge in [0.15, 0.2) is 0 Å². The Bertz CT molecular complexity index is 1430. The van der Waals surface area contributed by atoms with Crippen molar-refractivity contribution in [3.63, 3.8) is 0 Å². The van der Waals surface area contributed by atoms with Crippen molar-refractivity contribution in [2.24, 2.45) is 0 Å². The fraction of sp³-hybridized carbons (Fsp3) is 0.242. The van der Waals surface area contributed by atoms with Crippen LogP contribution in [0.15, 0.2) is 73.1 Å². The molecule has 0 saturated heterocycles. The van der Waals surface area contributed by atoms with Crippen LogP contribution in [0.2, 0.25) is 0 Å². The zero-order chi connectivity index (χ0) is 27.8. The van der Waals surface area contributed by atoms with Crippen LogP contribution in [0.1, 0.15) is 71.7 Å². The topological polar surface area (TPSA) is 63.1 Å². The van der Waals surface area contributed by atoms with Crippen LogP contribution >= 0.6 is 12.6 Å². The van der Waals surface area contributed by atoms with Crippen LogP contribution < -0.4 is 0 Å². The molecule has 196 valence electrons. The van der Waals surface area contributed by atoms with E-state index in [0.29, 0.717) is 39.9 Å². The summed E-state index contributed by atoms with van der Waals surface area (Å²) >= 11 is 4.22. The molecule has 0 unspecified atom stereocenters. The molecule has 0 fully saturated rings. The van der Waals surface area contributed by atoms with Crippen LogP contribution in [0.25, 0.3) is 21.5 Å². The third-order valence-corrected chi connectivity index (χ3v) is 6.42. The maximum absolute atomic E-state index is 12.8. The summed E-state index contributed by atoms with van der Waals surface area (Å²) in [5, 5.41) is 13.5. The quantitative estimate of drug-likeness (QED) is 0.179. The van der Waals surface area contributed by atoms with Gasteiger partial charge >= 0.3 is 0 Å². The Hall–Kier alpha value is -3.70. The van der Waals surface area contributed by atoms with E-state index in [1.54, 1.807) is 0 Å². The van der Waals surface area contributed by atoms with Crippen molar-refractivity contribution >= 4 is 39.3 Å². The molecule has 0 aliphatic heterocycles. The summed E-state index contributed by atoms with van der Waals surface area (Å²) in [6, 6.07) is 19.8. The van der Waals surface area contributed by atoms with Crippen molar-refractivity contribution in [1.82, 2.24) is 9.97 Å². The van der Waals surface area contributed by atoms with Gasteiger partial charge in [-0.25, -0.2) is 0 Å². The second-order valence-electron chi connectivity index (χ2n) is 8.76. The van der Waals surface area contributed by atoms with Crippen molar-refractivity contribution in [2.75, 3.05) is 0 Å². The second kappa shape index (κ2) is 13.2. The maximum Gasteiger partial charge on any atom is 0.217 e. The summed E-state index contributed by atoms with van der Waals surface area (Å²) in [6.45, 7) is 11.9. The average molecular weight is 525 g/mol. The van der Waals surface area contributed by atoms with Crippen molar-refractivity contribution in [3.05, 3.63) is 112 Å². The van der Waals surface area contributed by atoms with E-state index in [0.717, 1.165) is 33.6 Å². The normalized spacial score (nSPS) is 10.4. The molecule has 0 amide bonds. The predicted octanol–water partition coefficient (Wildman–Crippen LogP) is 8.41. The molecule has 0 atom stereocenters. The van der Waals surface area contributed by atoms with Gasteiger partial charge in [-0.15, -0.1) is 12.6 Å². The molecule has 3 aromatic carbocycles. The molecule has 0 radical (unpaired) electrons. The first-order chi connectivity index (χ1) is 18.4. The number of phenols is 1. The third kappa shape index (κ3) is 6.40. The van der Waals surface area contributed by atoms with E-state index in [1.807, 2.05) is 102 Å². The highest BCUT2D eigenvalue weighted by molar-refractivity contribution is 7.97. The average Bonchev–Trinajstić information content (AvgIpc) is 2.93. The molecule has 1 N–H and O–H groups in total. The predicted molar refractivity (Wildman–Crippen MR) is 163 cm³/mol. The molecule has 5 heteroatoms. The van der Waals surface area contributed by atoms with Gasteiger partial charge in [0.2, 0.25) is 5.12 Å². The van der Waals surface area contributed by atoms with Crippen LogP contribution in [0.5, 0.6) is 5.75 Å². The van der Waals surface area contributed by atoms with Gasteiger partial charge < -0.3 is 5.11 Å². The molecule has 5 aromatic rings. The molecule has 5 rings (SSSR count). The highest BCUT2D eigenvalue weighted by Gasteiger charge is 2.18. The van der Waals surface area contributed by atoms with E-state index in [4.69, 9.17) is 0 Å². The lowest BCUT2D eigenvalue weighted by Gasteiger charge is -2.14. The molecular formula is C33H36N2O2S. The largest absolute Gasteiger partial charge is 0.507 e. The first-order valence-electron chi connectivity index (χ1n) is 13.2. The molecule has 0 aliphatic rings. The van der Waals surface area contributed by atoms with Crippen LogP contribution in [-0.2, 0) is 12.8 Å². The number of pyridine rings is 2. The van der Waals surface area contributed by atoms with Crippen LogP contribution in [0, 0.1) is 13.8 Å². The van der Waals surface area contributed by atoms with Crippen LogP contribution in [0.4, 0.5) is 0 Å². The Balaban J connectivity index is 0.000000956. The number of nitrogens with zero attached hydrogens (tertiary/aromatic N) is 2. The summed E-state index contributed by atoms with van der Waals surface area (Å²) in [4.78, 5) is 21.5. The lowest BCUT2D eigenvalue weighted by atomic mass is 9.92. The molecule has 0 saturated carbocycles.